The van der Waals surface area contributed by atoms with E-state index in [-0.39, 0.29) is 17.9 Å². The van der Waals surface area contributed by atoms with Gasteiger partial charge in [0, 0.05) is 16.6 Å². The zero-order chi connectivity index (χ0) is 16.9. The fourth-order valence-corrected chi connectivity index (χ4v) is 3.90. The molecular formula is C19H15ClF3N. The van der Waals surface area contributed by atoms with E-state index in [0.717, 1.165) is 29.3 Å². The van der Waals surface area contributed by atoms with Gasteiger partial charge in [-0.2, -0.15) is 13.2 Å². The van der Waals surface area contributed by atoms with Crippen LogP contribution in [0.1, 0.15) is 35.1 Å². The van der Waals surface area contributed by atoms with Crippen LogP contribution in [0.2, 0.25) is 5.02 Å². The topological polar surface area (TPSA) is 12.0 Å². The highest BCUT2D eigenvalue weighted by molar-refractivity contribution is 6.30. The molecule has 3 atom stereocenters. The van der Waals surface area contributed by atoms with Crippen LogP contribution in [0.3, 0.4) is 0 Å². The molecule has 1 aliphatic heterocycles. The lowest BCUT2D eigenvalue weighted by atomic mass is 9.76. The molecule has 1 aliphatic carbocycles. The minimum absolute atomic E-state index is 0.00391. The van der Waals surface area contributed by atoms with Crippen molar-refractivity contribution in [2.24, 2.45) is 5.92 Å². The van der Waals surface area contributed by atoms with Crippen LogP contribution in [0.4, 0.5) is 18.9 Å². The minimum Gasteiger partial charge on any atom is -0.378 e. The Hall–Kier alpha value is -1.94. The van der Waals surface area contributed by atoms with Gasteiger partial charge in [-0.3, -0.25) is 0 Å². The van der Waals surface area contributed by atoms with E-state index in [1.54, 1.807) is 6.07 Å². The van der Waals surface area contributed by atoms with Gasteiger partial charge in [-0.15, -0.1) is 0 Å². The van der Waals surface area contributed by atoms with E-state index in [1.165, 1.54) is 6.07 Å². The Morgan fingerprint density at radius 2 is 1.79 bits per heavy atom. The Bertz CT molecular complexity index is 795. The number of benzene rings is 2. The number of fused-ring (bicyclic) bond motifs is 3. The van der Waals surface area contributed by atoms with Crippen LogP contribution in [0.15, 0.2) is 54.6 Å². The second kappa shape index (κ2) is 5.55. The van der Waals surface area contributed by atoms with E-state index in [9.17, 15) is 13.2 Å². The van der Waals surface area contributed by atoms with Crippen molar-refractivity contribution < 1.29 is 13.2 Å². The molecule has 2 aromatic carbocycles. The van der Waals surface area contributed by atoms with Crippen LogP contribution in [-0.4, -0.2) is 0 Å². The Kier molecular flexibility index (Phi) is 3.61. The monoisotopic (exact) mass is 349 g/mol. The number of nitrogens with one attached hydrogen (secondary N) is 1. The maximum atomic E-state index is 13.0. The summed E-state index contributed by atoms with van der Waals surface area (Å²) in [7, 11) is 0. The van der Waals surface area contributed by atoms with E-state index in [2.05, 4.69) is 11.4 Å². The first kappa shape index (κ1) is 15.6. The largest absolute Gasteiger partial charge is 0.416 e. The summed E-state index contributed by atoms with van der Waals surface area (Å²) in [5, 5.41) is 4.10. The molecule has 1 N–H and O–H groups in total. The Morgan fingerprint density at radius 1 is 1.04 bits per heavy atom. The third-order valence-corrected chi connectivity index (χ3v) is 5.17. The normalized spacial score (nSPS) is 25.1. The summed E-state index contributed by atoms with van der Waals surface area (Å²) in [6.07, 6.45) is 0.628. The van der Waals surface area contributed by atoms with E-state index in [1.807, 2.05) is 30.3 Å². The van der Waals surface area contributed by atoms with E-state index >= 15 is 0 Å². The Balaban J connectivity index is 1.76. The number of anilines is 1. The molecule has 4 rings (SSSR count). The van der Waals surface area contributed by atoms with Crippen molar-refractivity contribution in [3.05, 3.63) is 76.3 Å². The maximum absolute atomic E-state index is 13.0. The van der Waals surface area contributed by atoms with Crippen LogP contribution >= 0.6 is 11.6 Å². The molecule has 0 unspecified atom stereocenters. The molecule has 2 aromatic rings. The molecule has 2 aliphatic rings. The van der Waals surface area contributed by atoms with Gasteiger partial charge in [0.25, 0.3) is 0 Å². The highest BCUT2D eigenvalue weighted by atomic mass is 35.5. The van der Waals surface area contributed by atoms with Gasteiger partial charge in [0.05, 0.1) is 11.6 Å². The second-order valence-electron chi connectivity index (χ2n) is 6.33. The van der Waals surface area contributed by atoms with Crippen LogP contribution in [0.25, 0.3) is 0 Å². The molecule has 124 valence electrons. The van der Waals surface area contributed by atoms with Gasteiger partial charge in [0.15, 0.2) is 0 Å². The Labute approximate surface area is 143 Å². The van der Waals surface area contributed by atoms with E-state index < -0.39 is 11.7 Å². The summed E-state index contributed by atoms with van der Waals surface area (Å²) in [5.74, 6) is 0.214. The van der Waals surface area contributed by atoms with Gasteiger partial charge < -0.3 is 5.32 Å². The van der Waals surface area contributed by atoms with E-state index in [4.69, 9.17) is 11.6 Å². The smallest absolute Gasteiger partial charge is 0.378 e. The predicted octanol–water partition coefficient (Wildman–Crippen LogP) is 6.19. The average Bonchev–Trinajstić information content (AvgIpc) is 3.03. The van der Waals surface area contributed by atoms with Gasteiger partial charge in [0.1, 0.15) is 0 Å². The zero-order valence-corrected chi connectivity index (χ0v) is 13.4. The van der Waals surface area contributed by atoms with Crippen LogP contribution in [0.5, 0.6) is 0 Å². The second-order valence-corrected chi connectivity index (χ2v) is 6.76. The highest BCUT2D eigenvalue weighted by Gasteiger charge is 2.39. The van der Waals surface area contributed by atoms with Crippen molar-refractivity contribution in [3.63, 3.8) is 0 Å². The number of alkyl halides is 3. The maximum Gasteiger partial charge on any atom is 0.416 e. The molecule has 1 heterocycles. The fraction of sp³-hybridized carbons (Fsp3) is 0.263. The summed E-state index contributed by atoms with van der Waals surface area (Å²) in [6, 6.07) is 11.7. The number of rotatable bonds is 1. The lowest BCUT2D eigenvalue weighted by Crippen LogP contribution is -2.29. The molecule has 1 nitrogen and oxygen atoms in total. The minimum atomic E-state index is -4.32. The fourth-order valence-electron chi connectivity index (χ4n) is 3.77. The first-order valence-corrected chi connectivity index (χ1v) is 8.21. The summed E-state index contributed by atoms with van der Waals surface area (Å²) in [4.78, 5) is 0. The summed E-state index contributed by atoms with van der Waals surface area (Å²) < 4.78 is 39.1. The number of hydrogen-bond acceptors (Lipinski definition) is 1. The van der Waals surface area contributed by atoms with Crippen molar-refractivity contribution >= 4 is 17.3 Å². The number of halogens is 4. The molecule has 0 saturated heterocycles. The molecule has 0 bridgehead atoms. The highest BCUT2D eigenvalue weighted by Crippen LogP contribution is 2.50. The summed E-state index contributed by atoms with van der Waals surface area (Å²) >= 11 is 5.96. The molecule has 0 fully saturated rings. The number of allylic oxidation sites excluding steroid dienone is 2. The van der Waals surface area contributed by atoms with Crippen LogP contribution in [0, 0.1) is 5.92 Å². The van der Waals surface area contributed by atoms with Gasteiger partial charge >= 0.3 is 6.18 Å². The Morgan fingerprint density at radius 3 is 2.50 bits per heavy atom. The van der Waals surface area contributed by atoms with Crippen molar-refractivity contribution in [1.82, 2.24) is 0 Å². The van der Waals surface area contributed by atoms with Gasteiger partial charge in [0.2, 0.25) is 0 Å². The molecule has 0 spiro atoms. The average molecular weight is 350 g/mol. The SMILES string of the molecule is FC(F)(F)c1ccc2c(c1)[C@@H]1C=CC[C@H]1[C@H](c1ccc(Cl)cc1)N2. The third-order valence-electron chi connectivity index (χ3n) is 4.92. The molecule has 0 saturated carbocycles. The predicted molar refractivity (Wildman–Crippen MR) is 89.2 cm³/mol. The lowest BCUT2D eigenvalue weighted by Gasteiger charge is -2.37. The van der Waals surface area contributed by atoms with E-state index in [0.29, 0.717) is 5.02 Å². The standard InChI is InChI=1S/C19H15ClF3N/c20-13-7-4-11(5-8-13)18-15-3-1-2-14(15)16-10-12(19(21,22)23)6-9-17(16)24-18/h1-2,4-10,14-15,18,24H,3H2/t14-,15-,18+/m1/s1. The lowest BCUT2D eigenvalue weighted by molar-refractivity contribution is -0.137. The molecule has 0 amide bonds. The quantitative estimate of drug-likeness (QED) is 0.606. The zero-order valence-electron chi connectivity index (χ0n) is 12.6. The van der Waals surface area contributed by atoms with Crippen molar-refractivity contribution in [1.29, 1.82) is 0 Å². The van der Waals surface area contributed by atoms with Gasteiger partial charge in [-0.05, 0) is 53.8 Å². The molecular weight excluding hydrogens is 335 g/mol. The van der Waals surface area contributed by atoms with Crippen molar-refractivity contribution in [2.45, 2.75) is 24.6 Å². The molecule has 24 heavy (non-hydrogen) atoms. The number of hydrogen-bond donors (Lipinski definition) is 1. The van der Waals surface area contributed by atoms with Crippen LogP contribution in [-0.2, 0) is 6.18 Å². The molecule has 5 heteroatoms. The van der Waals surface area contributed by atoms with Gasteiger partial charge in [-0.25, -0.2) is 0 Å². The summed E-state index contributed by atoms with van der Waals surface area (Å²) in [5.41, 5.74) is 2.01. The van der Waals surface area contributed by atoms with Crippen LogP contribution < -0.4 is 5.32 Å². The first-order valence-electron chi connectivity index (χ1n) is 7.83. The molecule has 0 radical (unpaired) electrons. The van der Waals surface area contributed by atoms with Crippen molar-refractivity contribution in [3.8, 4) is 0 Å². The van der Waals surface area contributed by atoms with Gasteiger partial charge in [-0.1, -0.05) is 35.9 Å². The first-order chi connectivity index (χ1) is 11.4. The summed E-state index contributed by atoms with van der Waals surface area (Å²) in [6.45, 7) is 0. The third kappa shape index (κ3) is 2.59. The van der Waals surface area contributed by atoms with Crippen molar-refractivity contribution in [2.75, 3.05) is 5.32 Å². The molecule has 0 aromatic heterocycles.